The maximum Gasteiger partial charge on any atom is 0.270 e. The van der Waals surface area contributed by atoms with Gasteiger partial charge in [-0.1, -0.05) is 0 Å². The van der Waals surface area contributed by atoms with Crippen LogP contribution in [-0.4, -0.2) is 4.92 Å². The predicted molar refractivity (Wildman–Crippen MR) is 54.3 cm³/mol. The number of hydrogen-bond donors (Lipinski definition) is 1. The van der Waals surface area contributed by atoms with E-state index < -0.39 is 4.92 Å². The number of hydrogen-bond acceptors (Lipinski definition) is 4. The van der Waals surface area contributed by atoms with E-state index in [2.05, 4.69) is 12.6 Å². The van der Waals surface area contributed by atoms with Crippen LogP contribution in [0.15, 0.2) is 23.1 Å². The summed E-state index contributed by atoms with van der Waals surface area (Å²) in [6.07, 6.45) is 0.875. The molecular weight excluding hydrogens is 200 g/mol. The van der Waals surface area contributed by atoms with Crippen molar-refractivity contribution >= 4 is 18.3 Å². The van der Waals surface area contributed by atoms with Gasteiger partial charge in [0, 0.05) is 23.4 Å². The molecule has 4 nitrogen and oxygen atoms in total. The molecule has 0 radical (unpaired) electrons. The average molecular weight is 208 g/mol. The van der Waals surface area contributed by atoms with Crippen LogP contribution in [-0.2, 0) is 6.42 Å². The van der Waals surface area contributed by atoms with E-state index in [1.165, 1.54) is 12.1 Å². The zero-order chi connectivity index (χ0) is 10.6. The van der Waals surface area contributed by atoms with Crippen molar-refractivity contribution in [3.63, 3.8) is 0 Å². The molecule has 0 atom stereocenters. The third-order valence-electron chi connectivity index (χ3n) is 1.70. The van der Waals surface area contributed by atoms with Gasteiger partial charge in [-0.15, -0.1) is 12.6 Å². The Morgan fingerprint density at radius 2 is 2.21 bits per heavy atom. The van der Waals surface area contributed by atoms with Crippen LogP contribution in [0.5, 0.6) is 0 Å². The Bertz CT molecular complexity index is 398. The smallest absolute Gasteiger partial charge is 0.258 e. The highest BCUT2D eigenvalue weighted by Crippen LogP contribution is 2.20. The molecule has 5 heteroatoms. The van der Waals surface area contributed by atoms with E-state index in [0.29, 0.717) is 17.7 Å². The summed E-state index contributed by atoms with van der Waals surface area (Å²) in [7, 11) is 0. The highest BCUT2D eigenvalue weighted by Gasteiger charge is 2.07. The lowest BCUT2D eigenvalue weighted by Crippen LogP contribution is -1.91. The molecule has 0 saturated carbocycles. The van der Waals surface area contributed by atoms with Gasteiger partial charge >= 0.3 is 0 Å². The molecule has 0 amide bonds. The SMILES string of the molecule is N#CCCc1cc(S)cc([N+](=O)[O-])c1. The van der Waals surface area contributed by atoms with Crippen LogP contribution in [0, 0.1) is 21.4 Å². The standard InChI is InChI=1S/C9H8N2O2S/c10-3-1-2-7-4-8(11(12)13)6-9(14)5-7/h4-6,14H,1-2H2. The van der Waals surface area contributed by atoms with Crippen LogP contribution >= 0.6 is 12.6 Å². The molecule has 0 aromatic heterocycles. The molecule has 14 heavy (non-hydrogen) atoms. The molecule has 0 heterocycles. The van der Waals surface area contributed by atoms with Crippen molar-refractivity contribution in [2.24, 2.45) is 0 Å². The Labute approximate surface area is 86.7 Å². The minimum Gasteiger partial charge on any atom is -0.258 e. The minimum atomic E-state index is -0.463. The molecule has 1 rings (SSSR count). The maximum absolute atomic E-state index is 10.5. The van der Waals surface area contributed by atoms with Gasteiger partial charge in [0.1, 0.15) is 0 Å². The number of non-ortho nitro benzene ring substituents is 1. The van der Waals surface area contributed by atoms with Crippen molar-refractivity contribution < 1.29 is 4.92 Å². The van der Waals surface area contributed by atoms with Crippen LogP contribution in [0.3, 0.4) is 0 Å². The number of nitro benzene ring substituents is 1. The predicted octanol–water partition coefficient (Wildman–Crippen LogP) is 2.34. The topological polar surface area (TPSA) is 66.9 Å². The lowest BCUT2D eigenvalue weighted by molar-refractivity contribution is -0.385. The fourth-order valence-corrected chi connectivity index (χ4v) is 1.40. The largest absolute Gasteiger partial charge is 0.270 e. The summed E-state index contributed by atoms with van der Waals surface area (Å²) >= 11 is 4.05. The highest BCUT2D eigenvalue weighted by atomic mass is 32.1. The van der Waals surface area contributed by atoms with E-state index in [4.69, 9.17) is 5.26 Å². The first kappa shape index (κ1) is 10.5. The van der Waals surface area contributed by atoms with Gasteiger partial charge in [0.25, 0.3) is 5.69 Å². The van der Waals surface area contributed by atoms with Crippen molar-refractivity contribution in [1.82, 2.24) is 0 Å². The second kappa shape index (κ2) is 4.63. The maximum atomic E-state index is 10.5. The molecular formula is C9H8N2O2S. The summed E-state index contributed by atoms with van der Waals surface area (Å²) in [6, 6.07) is 6.58. The molecule has 0 aliphatic heterocycles. The number of thiol groups is 1. The molecule has 0 N–H and O–H groups in total. The van der Waals surface area contributed by atoms with Crippen LogP contribution in [0.2, 0.25) is 0 Å². The van der Waals surface area contributed by atoms with Crippen LogP contribution in [0.1, 0.15) is 12.0 Å². The lowest BCUT2D eigenvalue weighted by Gasteiger charge is -1.99. The van der Waals surface area contributed by atoms with E-state index in [0.717, 1.165) is 5.56 Å². The zero-order valence-corrected chi connectivity index (χ0v) is 8.20. The first-order valence-electron chi connectivity index (χ1n) is 3.98. The van der Waals surface area contributed by atoms with Gasteiger partial charge in [-0.05, 0) is 18.1 Å². The molecule has 1 aromatic rings. The van der Waals surface area contributed by atoms with E-state index in [-0.39, 0.29) is 5.69 Å². The molecule has 0 fully saturated rings. The number of nitro groups is 1. The molecule has 72 valence electrons. The minimum absolute atomic E-state index is 0.0189. The average Bonchev–Trinajstić information content (AvgIpc) is 2.14. The van der Waals surface area contributed by atoms with Crippen LogP contribution in [0.4, 0.5) is 5.69 Å². The van der Waals surface area contributed by atoms with Crippen molar-refractivity contribution in [3.8, 4) is 6.07 Å². The second-order valence-electron chi connectivity index (χ2n) is 2.77. The Hall–Kier alpha value is -1.54. The number of nitrogens with zero attached hydrogens (tertiary/aromatic N) is 2. The van der Waals surface area contributed by atoms with Gasteiger partial charge in [0.15, 0.2) is 0 Å². The number of nitriles is 1. The van der Waals surface area contributed by atoms with Gasteiger partial charge in [-0.25, -0.2) is 0 Å². The van der Waals surface area contributed by atoms with Crippen LogP contribution in [0.25, 0.3) is 0 Å². The Kier molecular flexibility index (Phi) is 3.48. The zero-order valence-electron chi connectivity index (χ0n) is 7.30. The van der Waals surface area contributed by atoms with Gasteiger partial charge in [-0.3, -0.25) is 10.1 Å². The van der Waals surface area contributed by atoms with Crippen molar-refractivity contribution in [3.05, 3.63) is 33.9 Å². The van der Waals surface area contributed by atoms with E-state index in [1.807, 2.05) is 6.07 Å². The molecule has 0 aliphatic carbocycles. The molecule has 0 spiro atoms. The fraction of sp³-hybridized carbons (Fsp3) is 0.222. The lowest BCUT2D eigenvalue weighted by atomic mass is 10.1. The number of benzene rings is 1. The van der Waals surface area contributed by atoms with E-state index in [1.54, 1.807) is 6.07 Å². The van der Waals surface area contributed by atoms with Gasteiger partial charge in [-0.2, -0.15) is 5.26 Å². The monoisotopic (exact) mass is 208 g/mol. The fourth-order valence-electron chi connectivity index (χ4n) is 1.11. The molecule has 0 bridgehead atoms. The Morgan fingerprint density at radius 1 is 1.50 bits per heavy atom. The molecule has 0 unspecified atom stereocenters. The second-order valence-corrected chi connectivity index (χ2v) is 3.29. The molecule has 1 aromatic carbocycles. The van der Waals surface area contributed by atoms with Crippen molar-refractivity contribution in [2.45, 2.75) is 17.7 Å². The van der Waals surface area contributed by atoms with Gasteiger partial charge < -0.3 is 0 Å². The van der Waals surface area contributed by atoms with E-state index >= 15 is 0 Å². The van der Waals surface area contributed by atoms with Crippen LogP contribution < -0.4 is 0 Å². The summed E-state index contributed by atoms with van der Waals surface area (Å²) in [4.78, 5) is 10.6. The first-order chi connectivity index (χ1) is 6.63. The third kappa shape index (κ3) is 2.75. The Balaban J connectivity index is 2.96. The summed E-state index contributed by atoms with van der Waals surface area (Å²) in [5.74, 6) is 0. The molecule has 0 aliphatic rings. The summed E-state index contributed by atoms with van der Waals surface area (Å²) in [5.41, 5.74) is 0.788. The summed E-state index contributed by atoms with van der Waals surface area (Å²) in [6.45, 7) is 0. The number of rotatable bonds is 3. The van der Waals surface area contributed by atoms with Gasteiger partial charge in [0.2, 0.25) is 0 Å². The quantitative estimate of drug-likeness (QED) is 0.471. The summed E-state index contributed by atoms with van der Waals surface area (Å²) < 4.78 is 0. The first-order valence-corrected chi connectivity index (χ1v) is 4.42. The van der Waals surface area contributed by atoms with Crippen molar-refractivity contribution in [2.75, 3.05) is 0 Å². The van der Waals surface area contributed by atoms with Gasteiger partial charge in [0.05, 0.1) is 11.0 Å². The third-order valence-corrected chi connectivity index (χ3v) is 1.96. The molecule has 0 saturated heterocycles. The normalized spacial score (nSPS) is 9.43. The summed E-state index contributed by atoms with van der Waals surface area (Å²) in [5, 5.41) is 18.9. The number of aryl methyl sites for hydroxylation is 1. The van der Waals surface area contributed by atoms with Crippen molar-refractivity contribution in [1.29, 1.82) is 5.26 Å². The Morgan fingerprint density at radius 3 is 2.79 bits per heavy atom. The van der Waals surface area contributed by atoms with E-state index in [9.17, 15) is 10.1 Å². The highest BCUT2D eigenvalue weighted by molar-refractivity contribution is 7.80.